The second kappa shape index (κ2) is 7.95. The number of carbonyl (C=O) groups is 1. The molecule has 24 heavy (non-hydrogen) atoms. The van der Waals surface area contributed by atoms with E-state index in [9.17, 15) is 4.79 Å². The number of hydrogen-bond acceptors (Lipinski definition) is 3. The predicted octanol–water partition coefficient (Wildman–Crippen LogP) is 4.22. The van der Waals surface area contributed by atoms with Crippen LogP contribution >= 0.6 is 11.3 Å². The van der Waals surface area contributed by atoms with Crippen molar-refractivity contribution in [2.24, 2.45) is 5.92 Å². The SMILES string of the molecule is Cc1ccsc1C(=O)NCc1ccc(CN2CCC(C)CC2)cc1. The minimum atomic E-state index is 0.0222. The molecule has 1 aromatic carbocycles. The molecule has 1 aromatic heterocycles. The van der Waals surface area contributed by atoms with Crippen molar-refractivity contribution in [1.29, 1.82) is 0 Å². The number of aryl methyl sites for hydroxylation is 1. The standard InChI is InChI=1S/C20H26N2OS/c1-15-7-10-22(11-8-15)14-18-5-3-17(4-6-18)13-21-20(23)19-16(2)9-12-24-19/h3-6,9,12,15H,7-8,10-11,13-14H2,1-2H3,(H,21,23). The molecule has 4 heteroatoms. The lowest BCUT2D eigenvalue weighted by Crippen LogP contribution is -2.32. The molecule has 0 radical (unpaired) electrons. The molecule has 1 aliphatic rings. The molecule has 0 aliphatic carbocycles. The first-order chi connectivity index (χ1) is 11.6. The summed E-state index contributed by atoms with van der Waals surface area (Å²) in [6.07, 6.45) is 2.62. The van der Waals surface area contributed by atoms with E-state index in [2.05, 4.69) is 41.4 Å². The molecule has 1 aliphatic heterocycles. The zero-order chi connectivity index (χ0) is 16.9. The molecular weight excluding hydrogens is 316 g/mol. The van der Waals surface area contributed by atoms with Crippen LogP contribution in [0.15, 0.2) is 35.7 Å². The van der Waals surface area contributed by atoms with E-state index >= 15 is 0 Å². The Morgan fingerprint density at radius 3 is 2.46 bits per heavy atom. The quantitative estimate of drug-likeness (QED) is 0.882. The van der Waals surface area contributed by atoms with Crippen LogP contribution in [0.4, 0.5) is 0 Å². The van der Waals surface area contributed by atoms with E-state index in [0.29, 0.717) is 6.54 Å². The van der Waals surface area contributed by atoms with Crippen LogP contribution < -0.4 is 5.32 Å². The maximum Gasteiger partial charge on any atom is 0.261 e. The van der Waals surface area contributed by atoms with Crippen molar-refractivity contribution >= 4 is 17.2 Å². The Balaban J connectivity index is 1.49. The summed E-state index contributed by atoms with van der Waals surface area (Å²) in [5.74, 6) is 0.897. The Kier molecular flexibility index (Phi) is 5.69. The van der Waals surface area contributed by atoms with Gasteiger partial charge in [0.25, 0.3) is 5.91 Å². The summed E-state index contributed by atoms with van der Waals surface area (Å²) in [6, 6.07) is 10.6. The lowest BCUT2D eigenvalue weighted by atomic mass is 9.99. The Morgan fingerprint density at radius 1 is 1.17 bits per heavy atom. The van der Waals surface area contributed by atoms with E-state index in [4.69, 9.17) is 0 Å². The van der Waals surface area contributed by atoms with Gasteiger partial charge >= 0.3 is 0 Å². The average molecular weight is 343 g/mol. The van der Waals surface area contributed by atoms with Gasteiger partial charge in [-0.25, -0.2) is 0 Å². The molecule has 128 valence electrons. The van der Waals surface area contributed by atoms with Crippen LogP contribution in [0.2, 0.25) is 0 Å². The third kappa shape index (κ3) is 4.46. The number of nitrogens with zero attached hydrogens (tertiary/aromatic N) is 1. The first kappa shape index (κ1) is 17.2. The van der Waals surface area contributed by atoms with E-state index in [1.165, 1.54) is 42.8 Å². The van der Waals surface area contributed by atoms with Gasteiger partial charge in [-0.05, 0) is 66.9 Å². The molecule has 3 rings (SSSR count). The van der Waals surface area contributed by atoms with Gasteiger partial charge in [0.2, 0.25) is 0 Å². The molecule has 0 spiro atoms. The van der Waals surface area contributed by atoms with Crippen molar-refractivity contribution in [3.05, 3.63) is 57.3 Å². The van der Waals surface area contributed by atoms with E-state index in [-0.39, 0.29) is 5.91 Å². The smallest absolute Gasteiger partial charge is 0.261 e. The molecule has 0 saturated carbocycles. The molecule has 3 nitrogen and oxygen atoms in total. The summed E-state index contributed by atoms with van der Waals surface area (Å²) in [5, 5.41) is 4.97. The summed E-state index contributed by atoms with van der Waals surface area (Å²) >= 11 is 1.50. The fourth-order valence-electron chi connectivity index (χ4n) is 3.11. The first-order valence-electron chi connectivity index (χ1n) is 8.74. The van der Waals surface area contributed by atoms with Gasteiger partial charge in [0.15, 0.2) is 0 Å². The highest BCUT2D eigenvalue weighted by Crippen LogP contribution is 2.18. The van der Waals surface area contributed by atoms with Crippen LogP contribution in [0.25, 0.3) is 0 Å². The number of rotatable bonds is 5. The van der Waals surface area contributed by atoms with Crippen molar-refractivity contribution in [2.75, 3.05) is 13.1 Å². The number of amides is 1. The van der Waals surface area contributed by atoms with Crippen molar-refractivity contribution in [3.63, 3.8) is 0 Å². The fourth-order valence-corrected chi connectivity index (χ4v) is 3.95. The minimum absolute atomic E-state index is 0.0222. The summed E-state index contributed by atoms with van der Waals surface area (Å²) in [7, 11) is 0. The minimum Gasteiger partial charge on any atom is -0.347 e. The summed E-state index contributed by atoms with van der Waals surface area (Å²) in [5.41, 5.74) is 3.55. The highest BCUT2D eigenvalue weighted by Gasteiger charge is 2.15. The zero-order valence-electron chi connectivity index (χ0n) is 14.5. The van der Waals surface area contributed by atoms with E-state index in [1.807, 2.05) is 18.4 Å². The van der Waals surface area contributed by atoms with Gasteiger partial charge < -0.3 is 5.32 Å². The van der Waals surface area contributed by atoms with Gasteiger partial charge in [0.1, 0.15) is 0 Å². The number of thiophene rings is 1. The zero-order valence-corrected chi connectivity index (χ0v) is 15.4. The maximum absolute atomic E-state index is 12.1. The number of carbonyl (C=O) groups excluding carboxylic acids is 1. The number of nitrogens with one attached hydrogen (secondary N) is 1. The fraction of sp³-hybridized carbons (Fsp3) is 0.450. The normalized spacial score (nSPS) is 16.2. The van der Waals surface area contributed by atoms with Crippen LogP contribution in [-0.4, -0.2) is 23.9 Å². The molecule has 1 saturated heterocycles. The predicted molar refractivity (Wildman–Crippen MR) is 100 cm³/mol. The molecule has 1 amide bonds. The van der Waals surface area contributed by atoms with Gasteiger partial charge in [0.05, 0.1) is 4.88 Å². The second-order valence-electron chi connectivity index (χ2n) is 6.89. The monoisotopic (exact) mass is 342 g/mol. The van der Waals surface area contributed by atoms with Gasteiger partial charge in [0, 0.05) is 13.1 Å². The van der Waals surface area contributed by atoms with Crippen molar-refractivity contribution in [1.82, 2.24) is 10.2 Å². The Morgan fingerprint density at radius 2 is 1.83 bits per heavy atom. The highest BCUT2D eigenvalue weighted by atomic mass is 32.1. The van der Waals surface area contributed by atoms with Gasteiger partial charge in [-0.1, -0.05) is 31.2 Å². The Hall–Kier alpha value is -1.65. The molecule has 1 N–H and O–H groups in total. The van der Waals surface area contributed by atoms with Crippen LogP contribution in [0.3, 0.4) is 0 Å². The maximum atomic E-state index is 12.1. The third-order valence-electron chi connectivity index (χ3n) is 4.83. The molecule has 0 atom stereocenters. The first-order valence-corrected chi connectivity index (χ1v) is 9.62. The summed E-state index contributed by atoms with van der Waals surface area (Å²) in [6.45, 7) is 8.35. The van der Waals surface area contributed by atoms with Crippen LogP contribution in [0.1, 0.15) is 46.1 Å². The molecule has 2 heterocycles. The van der Waals surface area contributed by atoms with Gasteiger partial charge in [-0.3, -0.25) is 9.69 Å². The summed E-state index contributed by atoms with van der Waals surface area (Å²) in [4.78, 5) is 15.5. The lowest BCUT2D eigenvalue weighted by molar-refractivity contribution is 0.0954. The van der Waals surface area contributed by atoms with Crippen molar-refractivity contribution in [3.8, 4) is 0 Å². The number of hydrogen-bond donors (Lipinski definition) is 1. The van der Waals surface area contributed by atoms with E-state index < -0.39 is 0 Å². The Bertz CT molecular complexity index is 669. The van der Waals surface area contributed by atoms with Crippen LogP contribution in [-0.2, 0) is 13.1 Å². The highest BCUT2D eigenvalue weighted by molar-refractivity contribution is 7.12. The number of piperidine rings is 1. The summed E-state index contributed by atoms with van der Waals surface area (Å²) < 4.78 is 0. The topological polar surface area (TPSA) is 32.3 Å². The van der Waals surface area contributed by atoms with Gasteiger partial charge in [-0.2, -0.15) is 0 Å². The molecule has 1 fully saturated rings. The average Bonchev–Trinajstić information content (AvgIpc) is 3.02. The van der Waals surface area contributed by atoms with Crippen LogP contribution in [0.5, 0.6) is 0 Å². The molecule has 2 aromatic rings. The van der Waals surface area contributed by atoms with Crippen molar-refractivity contribution < 1.29 is 4.79 Å². The van der Waals surface area contributed by atoms with E-state index in [0.717, 1.165) is 28.5 Å². The molecular formula is C20H26N2OS. The number of likely N-dealkylation sites (tertiary alicyclic amines) is 1. The van der Waals surface area contributed by atoms with Crippen molar-refractivity contribution in [2.45, 2.75) is 39.8 Å². The second-order valence-corrected chi connectivity index (χ2v) is 7.81. The van der Waals surface area contributed by atoms with E-state index in [1.54, 1.807) is 0 Å². The Labute approximate surface area is 148 Å². The molecule has 0 unspecified atom stereocenters. The van der Waals surface area contributed by atoms with Gasteiger partial charge in [-0.15, -0.1) is 11.3 Å². The largest absolute Gasteiger partial charge is 0.347 e. The number of benzene rings is 1. The lowest BCUT2D eigenvalue weighted by Gasteiger charge is -2.30. The molecule has 0 bridgehead atoms. The third-order valence-corrected chi connectivity index (χ3v) is 5.84. The van der Waals surface area contributed by atoms with Crippen LogP contribution in [0, 0.1) is 12.8 Å².